The van der Waals surface area contributed by atoms with Crippen LogP contribution in [0.15, 0.2) is 42.5 Å². The van der Waals surface area contributed by atoms with Crippen molar-refractivity contribution in [1.29, 1.82) is 0 Å². The third-order valence-electron chi connectivity index (χ3n) is 5.60. The van der Waals surface area contributed by atoms with Crippen LogP contribution in [0.1, 0.15) is 33.3 Å². The molecule has 0 aromatic heterocycles. The smallest absolute Gasteiger partial charge is 0.303 e. The summed E-state index contributed by atoms with van der Waals surface area (Å²) < 4.78 is 28.0. The van der Waals surface area contributed by atoms with Crippen molar-refractivity contribution in [2.24, 2.45) is 0 Å². The van der Waals surface area contributed by atoms with Gasteiger partial charge in [-0.05, 0) is 22.8 Å². The molecule has 2 aromatic carbocycles. The minimum Gasteiger partial charge on any atom is -0.463 e. The van der Waals surface area contributed by atoms with Crippen LogP contribution in [0.2, 0.25) is 0 Å². The molecule has 36 heavy (non-hydrogen) atoms. The second-order valence-corrected chi connectivity index (χ2v) is 8.48. The molecule has 1 saturated heterocycles. The number of hydrogen-bond acceptors (Lipinski definition) is 9. The van der Waals surface area contributed by atoms with Gasteiger partial charge in [-0.25, -0.2) is 0 Å². The van der Waals surface area contributed by atoms with Gasteiger partial charge in [0, 0.05) is 27.7 Å². The molecule has 2 aromatic rings. The predicted molar refractivity (Wildman–Crippen MR) is 128 cm³/mol. The standard InChI is InChI=1S/C26H31NO9/c1-15(28)27-23-25(35-18(4)31)24(34-17(3)30)22(14-33-16(2)29)36-26(23)32-13-12-20-10-7-9-19-8-5-6-11-21(19)20/h5-11,22-26H,12-14H2,1-4H3,(H,27,28)/t22-,23+,24+,25+,26-/m0/s1. The lowest BCUT2D eigenvalue weighted by Crippen LogP contribution is -2.66. The lowest BCUT2D eigenvalue weighted by molar-refractivity contribution is -0.277. The zero-order valence-electron chi connectivity index (χ0n) is 20.7. The zero-order valence-corrected chi connectivity index (χ0v) is 20.7. The van der Waals surface area contributed by atoms with Crippen LogP contribution in [-0.2, 0) is 49.3 Å². The molecule has 0 bridgehead atoms. The van der Waals surface area contributed by atoms with E-state index in [1.807, 2.05) is 42.5 Å². The maximum absolute atomic E-state index is 12.0. The minimum absolute atomic E-state index is 0.208. The summed E-state index contributed by atoms with van der Waals surface area (Å²) in [7, 11) is 0. The highest BCUT2D eigenvalue weighted by Gasteiger charge is 2.51. The van der Waals surface area contributed by atoms with Crippen LogP contribution >= 0.6 is 0 Å². The number of carbonyl (C=O) groups excluding carboxylic acids is 4. The second-order valence-electron chi connectivity index (χ2n) is 8.48. The molecule has 194 valence electrons. The van der Waals surface area contributed by atoms with Gasteiger partial charge in [-0.3, -0.25) is 19.2 Å². The first kappa shape index (κ1) is 27.1. The number of carbonyl (C=O) groups is 4. The Labute approximate surface area is 209 Å². The summed E-state index contributed by atoms with van der Waals surface area (Å²) in [6.45, 7) is 4.84. The van der Waals surface area contributed by atoms with Gasteiger partial charge in [-0.2, -0.15) is 0 Å². The van der Waals surface area contributed by atoms with E-state index >= 15 is 0 Å². The molecule has 10 heteroatoms. The Hall–Kier alpha value is -3.50. The summed E-state index contributed by atoms with van der Waals surface area (Å²) >= 11 is 0. The molecule has 0 saturated carbocycles. The van der Waals surface area contributed by atoms with Crippen LogP contribution in [0.4, 0.5) is 0 Å². The van der Waals surface area contributed by atoms with E-state index in [2.05, 4.69) is 5.32 Å². The van der Waals surface area contributed by atoms with E-state index in [1.165, 1.54) is 27.7 Å². The lowest BCUT2D eigenvalue weighted by Gasteiger charge is -2.44. The molecular weight excluding hydrogens is 470 g/mol. The first-order valence-corrected chi connectivity index (χ1v) is 11.6. The first-order valence-electron chi connectivity index (χ1n) is 11.6. The van der Waals surface area contributed by atoms with Gasteiger partial charge in [0.1, 0.15) is 18.8 Å². The number of nitrogens with one attached hydrogen (secondary N) is 1. The van der Waals surface area contributed by atoms with Crippen molar-refractivity contribution in [3.63, 3.8) is 0 Å². The van der Waals surface area contributed by atoms with Crippen molar-refractivity contribution in [2.75, 3.05) is 13.2 Å². The highest BCUT2D eigenvalue weighted by Crippen LogP contribution is 2.28. The van der Waals surface area contributed by atoms with Crippen molar-refractivity contribution >= 4 is 34.6 Å². The lowest BCUT2D eigenvalue weighted by atomic mass is 9.96. The Balaban J connectivity index is 1.85. The molecule has 0 aliphatic carbocycles. The Morgan fingerprint density at radius 2 is 1.53 bits per heavy atom. The fourth-order valence-corrected chi connectivity index (χ4v) is 4.23. The third-order valence-corrected chi connectivity index (χ3v) is 5.60. The van der Waals surface area contributed by atoms with Gasteiger partial charge in [0.2, 0.25) is 5.91 Å². The fourth-order valence-electron chi connectivity index (χ4n) is 4.23. The van der Waals surface area contributed by atoms with Crippen LogP contribution in [-0.4, -0.2) is 67.7 Å². The summed E-state index contributed by atoms with van der Waals surface area (Å²) in [6.07, 6.45) is -3.85. The third kappa shape index (κ3) is 7.25. The molecular formula is C26H31NO9. The molecule has 0 spiro atoms. The molecule has 1 amide bonds. The number of esters is 3. The maximum Gasteiger partial charge on any atom is 0.303 e. The van der Waals surface area contributed by atoms with Gasteiger partial charge in [-0.15, -0.1) is 0 Å². The zero-order chi connectivity index (χ0) is 26.2. The van der Waals surface area contributed by atoms with Crippen LogP contribution in [0.3, 0.4) is 0 Å². The molecule has 3 rings (SSSR count). The quantitative estimate of drug-likeness (QED) is 0.406. The number of amides is 1. The van der Waals surface area contributed by atoms with Gasteiger partial charge in [-0.1, -0.05) is 42.5 Å². The van der Waals surface area contributed by atoms with Crippen LogP contribution in [0.25, 0.3) is 10.8 Å². The normalized spacial score (nSPS) is 23.5. The maximum atomic E-state index is 12.0. The minimum atomic E-state index is -1.15. The topological polar surface area (TPSA) is 126 Å². The van der Waals surface area contributed by atoms with Crippen molar-refractivity contribution in [3.05, 3.63) is 48.0 Å². The van der Waals surface area contributed by atoms with E-state index in [1.54, 1.807) is 0 Å². The number of hydrogen-bond donors (Lipinski definition) is 1. The van der Waals surface area contributed by atoms with Crippen LogP contribution < -0.4 is 5.32 Å². The molecule has 1 fully saturated rings. The summed E-state index contributed by atoms with van der Waals surface area (Å²) in [4.78, 5) is 47.2. The Bertz CT molecular complexity index is 1100. The summed E-state index contributed by atoms with van der Waals surface area (Å²) in [6, 6.07) is 13.0. The SMILES string of the molecule is CC(=O)N[C@H]1[C@@H](OCCc2cccc3ccccc23)O[C@@H](COC(C)=O)[C@@H](OC(C)=O)[C@@H]1OC(C)=O. The number of rotatable bonds is 9. The predicted octanol–water partition coefficient (Wildman–Crippen LogP) is 2.05. The van der Waals surface area contributed by atoms with E-state index in [0.717, 1.165) is 16.3 Å². The monoisotopic (exact) mass is 501 g/mol. The molecule has 1 heterocycles. The van der Waals surface area contributed by atoms with E-state index < -0.39 is 54.5 Å². The Morgan fingerprint density at radius 3 is 2.19 bits per heavy atom. The van der Waals surface area contributed by atoms with Gasteiger partial charge in [0.25, 0.3) is 0 Å². The van der Waals surface area contributed by atoms with Gasteiger partial charge in [0.15, 0.2) is 18.5 Å². The van der Waals surface area contributed by atoms with Gasteiger partial charge >= 0.3 is 17.9 Å². The molecule has 0 unspecified atom stereocenters. The number of benzene rings is 2. The summed E-state index contributed by atoms with van der Waals surface area (Å²) in [5.74, 6) is -2.31. The molecule has 0 radical (unpaired) electrons. The van der Waals surface area contributed by atoms with Crippen LogP contribution in [0, 0.1) is 0 Å². The largest absolute Gasteiger partial charge is 0.463 e. The van der Waals surface area contributed by atoms with E-state index in [0.29, 0.717) is 6.42 Å². The average Bonchev–Trinajstić information content (AvgIpc) is 2.80. The first-order chi connectivity index (χ1) is 17.2. The van der Waals surface area contributed by atoms with Crippen molar-refractivity contribution < 1.29 is 42.9 Å². The molecule has 1 N–H and O–H groups in total. The van der Waals surface area contributed by atoms with Gasteiger partial charge in [0.05, 0.1) is 6.61 Å². The van der Waals surface area contributed by atoms with Crippen LogP contribution in [0.5, 0.6) is 0 Å². The Kier molecular flexibility index (Phi) is 9.38. The molecule has 1 aliphatic heterocycles. The summed E-state index contributed by atoms with van der Waals surface area (Å²) in [5.41, 5.74) is 1.06. The van der Waals surface area contributed by atoms with Gasteiger partial charge < -0.3 is 29.0 Å². The van der Waals surface area contributed by atoms with E-state index in [9.17, 15) is 19.2 Å². The molecule has 10 nitrogen and oxygen atoms in total. The fraction of sp³-hybridized carbons (Fsp3) is 0.462. The van der Waals surface area contributed by atoms with Crippen molar-refractivity contribution in [2.45, 2.75) is 64.8 Å². The molecule has 1 aliphatic rings. The Morgan fingerprint density at radius 1 is 0.861 bits per heavy atom. The average molecular weight is 502 g/mol. The highest BCUT2D eigenvalue weighted by molar-refractivity contribution is 5.85. The highest BCUT2D eigenvalue weighted by atomic mass is 16.7. The second kappa shape index (κ2) is 12.5. The number of fused-ring (bicyclic) bond motifs is 1. The van der Waals surface area contributed by atoms with Crippen molar-refractivity contribution in [3.8, 4) is 0 Å². The van der Waals surface area contributed by atoms with Crippen molar-refractivity contribution in [1.82, 2.24) is 5.32 Å². The van der Waals surface area contributed by atoms with E-state index in [-0.39, 0.29) is 13.2 Å². The number of ether oxygens (including phenoxy) is 5. The summed E-state index contributed by atoms with van der Waals surface area (Å²) in [5, 5.41) is 4.88. The van der Waals surface area contributed by atoms with E-state index in [4.69, 9.17) is 23.7 Å². The molecule has 5 atom stereocenters.